The van der Waals surface area contributed by atoms with Crippen LogP contribution in [0.5, 0.6) is 0 Å². The van der Waals surface area contributed by atoms with E-state index in [-0.39, 0.29) is 22.3 Å². The van der Waals surface area contributed by atoms with Crippen molar-refractivity contribution in [3.05, 3.63) is 46.0 Å². The average molecular weight is 779 g/mol. The second kappa shape index (κ2) is 13.2. The van der Waals surface area contributed by atoms with Crippen LogP contribution in [0.1, 0.15) is 33.2 Å². The monoisotopic (exact) mass is 778 g/mol. The number of fused-ring (bicyclic) bond motifs is 5. The number of esters is 1. The van der Waals surface area contributed by atoms with Crippen molar-refractivity contribution in [3.63, 3.8) is 0 Å². The summed E-state index contributed by atoms with van der Waals surface area (Å²) in [7, 11) is -10.6. The third-order valence-corrected chi connectivity index (χ3v) is 10.2. The van der Waals surface area contributed by atoms with Crippen LogP contribution in [0.3, 0.4) is 0 Å². The van der Waals surface area contributed by atoms with E-state index in [1.807, 2.05) is 0 Å². The Kier molecular flexibility index (Phi) is 9.29. The van der Waals surface area contributed by atoms with Crippen LogP contribution in [0, 0.1) is 5.41 Å². The Balaban J connectivity index is 1.15. The van der Waals surface area contributed by atoms with E-state index in [0.29, 0.717) is 0 Å². The van der Waals surface area contributed by atoms with Crippen molar-refractivity contribution in [2.24, 2.45) is 5.41 Å². The Morgan fingerprint density at radius 2 is 1.48 bits per heavy atom. The highest BCUT2D eigenvalue weighted by molar-refractivity contribution is 7.47. The molecule has 3 aliphatic heterocycles. The van der Waals surface area contributed by atoms with Crippen LogP contribution in [0.25, 0.3) is 22.3 Å². The number of nitrogens with one attached hydrogen (secondary N) is 1. The van der Waals surface area contributed by atoms with Gasteiger partial charge in [0.2, 0.25) is 0 Å². The minimum absolute atomic E-state index is 0.117. The Morgan fingerprint density at radius 1 is 0.885 bits per heavy atom. The predicted molar refractivity (Wildman–Crippen MR) is 164 cm³/mol. The number of carbonyl (C=O) groups is 1. The summed E-state index contributed by atoms with van der Waals surface area (Å²) in [5.74, 6) is -0.593. The normalized spacial score (nSPS) is 34.4. The molecule has 10 atom stereocenters. The maximum Gasteiger partial charge on any atom is 0.472 e. The van der Waals surface area contributed by atoms with E-state index in [2.05, 4.69) is 24.9 Å². The number of ether oxygens (including phenoxy) is 3. The molecule has 3 aliphatic rings. The van der Waals surface area contributed by atoms with E-state index in [9.17, 15) is 33.3 Å². The number of alkyl halides is 2. The number of halogens is 2. The van der Waals surface area contributed by atoms with Crippen molar-refractivity contribution >= 4 is 43.9 Å². The number of H-pyrrole nitrogens is 1. The average Bonchev–Trinajstić information content (AvgIpc) is 3.83. The first-order valence-electron chi connectivity index (χ1n) is 15.3. The van der Waals surface area contributed by atoms with Crippen LogP contribution in [-0.2, 0) is 53.0 Å². The summed E-state index contributed by atoms with van der Waals surface area (Å²) >= 11 is 0. The van der Waals surface area contributed by atoms with Crippen molar-refractivity contribution in [2.45, 2.75) is 76.7 Å². The molecule has 0 saturated carbocycles. The number of rotatable bonds is 4. The summed E-state index contributed by atoms with van der Waals surface area (Å²) in [6.45, 7) is 2.34. The Labute approximate surface area is 288 Å². The predicted octanol–water partition coefficient (Wildman–Crippen LogP) is 0.762. The van der Waals surface area contributed by atoms with Crippen LogP contribution < -0.4 is 11.1 Å². The highest BCUT2D eigenvalue weighted by atomic mass is 31.2. The van der Waals surface area contributed by atoms with Gasteiger partial charge in [0.05, 0.1) is 37.6 Å². The molecule has 0 aromatic carbocycles. The van der Waals surface area contributed by atoms with Gasteiger partial charge in [0, 0.05) is 0 Å². The molecule has 52 heavy (non-hydrogen) atoms. The van der Waals surface area contributed by atoms with Gasteiger partial charge in [0.25, 0.3) is 11.1 Å². The van der Waals surface area contributed by atoms with Crippen LogP contribution >= 0.6 is 15.6 Å². The summed E-state index contributed by atoms with van der Waals surface area (Å²) in [5, 5.41) is 0. The molecular weight excluding hydrogens is 748 g/mol. The fourth-order valence-electron chi connectivity index (χ4n) is 5.67. The van der Waals surface area contributed by atoms with Crippen molar-refractivity contribution in [3.8, 4) is 0 Å². The zero-order chi connectivity index (χ0) is 37.3. The summed E-state index contributed by atoms with van der Waals surface area (Å²) < 4.78 is 98.0. The number of aromatic amines is 1. The van der Waals surface area contributed by atoms with Gasteiger partial charge in [0.1, 0.15) is 30.7 Å². The standard InChI is InChI=1S/C26H30F2N8O14P2/c1-26(2,3)25(39)44-10-34-7-33-20-16(22(34)38)32-9-35(20)23-14(28)17-12(48-23)5-46-52(42,43)50-18-13(27)11(4-45-51(40,41)49-17)47-24(18)36-8-31-15-19(36)29-6-30-21(15)37/h6-9,11-14,17-18,23-24H,4-5,10H2,1-3H3,(H,40,41)(H,42,43)(H,29,30,37)/t11-,12-,13+,14-,17-,18-,23-,24-/m1/s1. The molecule has 2 bridgehead atoms. The van der Waals surface area contributed by atoms with E-state index >= 15 is 8.78 Å². The van der Waals surface area contributed by atoms with E-state index in [1.165, 1.54) is 0 Å². The van der Waals surface area contributed by atoms with E-state index in [0.717, 1.165) is 39.0 Å². The second-order valence-electron chi connectivity index (χ2n) is 12.9. The topological polar surface area (TPSA) is 273 Å². The molecule has 3 saturated heterocycles. The third kappa shape index (κ3) is 6.75. The first-order valence-corrected chi connectivity index (χ1v) is 18.3. The number of carbonyl (C=O) groups excluding carboxylic acids is 1. The Bertz CT molecular complexity index is 2240. The molecule has 0 spiro atoms. The minimum atomic E-state index is -5.29. The van der Waals surface area contributed by atoms with Crippen molar-refractivity contribution in [1.29, 1.82) is 0 Å². The van der Waals surface area contributed by atoms with E-state index in [4.69, 9.17) is 32.3 Å². The van der Waals surface area contributed by atoms with Crippen LogP contribution in [0.2, 0.25) is 0 Å². The molecule has 0 aliphatic carbocycles. The van der Waals surface area contributed by atoms with Crippen molar-refractivity contribution in [2.75, 3.05) is 13.2 Å². The lowest BCUT2D eigenvalue weighted by atomic mass is 9.98. The maximum absolute atomic E-state index is 16.1. The lowest BCUT2D eigenvalue weighted by Crippen LogP contribution is -2.34. The molecule has 7 heterocycles. The van der Waals surface area contributed by atoms with Gasteiger partial charge in [-0.25, -0.2) is 37.8 Å². The molecule has 4 aromatic heterocycles. The first-order chi connectivity index (χ1) is 24.4. The fourth-order valence-corrected chi connectivity index (χ4v) is 7.55. The molecule has 4 aromatic rings. The maximum atomic E-state index is 16.1. The number of phosphoric ester groups is 2. The van der Waals surface area contributed by atoms with Gasteiger partial charge in [-0.05, 0) is 20.8 Å². The highest BCUT2D eigenvalue weighted by Gasteiger charge is 2.55. The first kappa shape index (κ1) is 36.5. The van der Waals surface area contributed by atoms with Crippen LogP contribution in [-0.4, -0.2) is 104 Å². The van der Waals surface area contributed by atoms with Crippen molar-refractivity contribution in [1.82, 2.24) is 38.6 Å². The summed E-state index contributed by atoms with van der Waals surface area (Å²) in [5.41, 5.74) is -3.06. The largest absolute Gasteiger partial charge is 0.472 e. The number of imidazole rings is 2. The molecule has 3 N–H and O–H groups in total. The third-order valence-electron chi connectivity index (χ3n) is 8.26. The van der Waals surface area contributed by atoms with Gasteiger partial charge in [-0.1, -0.05) is 0 Å². The molecule has 22 nitrogen and oxygen atoms in total. The molecule has 26 heteroatoms. The van der Waals surface area contributed by atoms with Crippen molar-refractivity contribution < 1.29 is 64.8 Å². The van der Waals surface area contributed by atoms with Crippen LogP contribution in [0.4, 0.5) is 8.78 Å². The molecule has 0 amide bonds. The second-order valence-corrected chi connectivity index (χ2v) is 15.7. The molecule has 2 unspecified atom stereocenters. The lowest BCUT2D eigenvalue weighted by Gasteiger charge is -2.25. The zero-order valence-corrected chi connectivity index (χ0v) is 28.9. The number of nitrogens with zero attached hydrogens (tertiary/aromatic N) is 7. The molecule has 3 fully saturated rings. The Hall–Kier alpha value is -3.83. The zero-order valence-electron chi connectivity index (χ0n) is 27.1. The van der Waals surface area contributed by atoms with Gasteiger partial charge < -0.3 is 29.0 Å². The number of phosphoric acid groups is 2. The van der Waals surface area contributed by atoms with Crippen LogP contribution in [0.15, 0.2) is 34.9 Å². The van der Waals surface area contributed by atoms with Gasteiger partial charge in [-0.3, -0.25) is 46.2 Å². The minimum Gasteiger partial charge on any atom is -0.443 e. The molecule has 282 valence electrons. The van der Waals surface area contributed by atoms with Gasteiger partial charge in [-0.2, -0.15) is 0 Å². The lowest BCUT2D eigenvalue weighted by molar-refractivity contribution is -0.157. The number of aromatic nitrogens is 8. The highest BCUT2D eigenvalue weighted by Crippen LogP contribution is 2.54. The summed E-state index contributed by atoms with van der Waals surface area (Å²) in [6.07, 6.45) is -11.4. The molecule has 7 rings (SSSR count). The summed E-state index contributed by atoms with van der Waals surface area (Å²) in [6, 6.07) is 0. The van der Waals surface area contributed by atoms with Gasteiger partial charge in [-0.15, -0.1) is 0 Å². The molecular formula is C26H30F2N8O14P2. The number of hydrogen-bond acceptors (Lipinski definition) is 16. The smallest absolute Gasteiger partial charge is 0.443 e. The van der Waals surface area contributed by atoms with E-state index < -0.39 is 107 Å². The Morgan fingerprint density at radius 3 is 2.17 bits per heavy atom. The van der Waals surface area contributed by atoms with Gasteiger partial charge >= 0.3 is 21.6 Å². The van der Waals surface area contributed by atoms with E-state index in [1.54, 1.807) is 20.8 Å². The quantitative estimate of drug-likeness (QED) is 0.191. The van der Waals surface area contributed by atoms with Gasteiger partial charge in [0.15, 0.2) is 53.9 Å². The fraction of sp³-hybridized carbons (Fsp3) is 0.577. The summed E-state index contributed by atoms with van der Waals surface area (Å²) in [4.78, 5) is 77.0. The SMILES string of the molecule is CC(C)(C)C(=O)OCn1cnc2c(ncn2[C@@H]2O[C@@H]3COP(=O)(O)O[C@@H]4[C@@H](F)[C@@H](COP(=O)(O)O[C@H]3[C@H]2F)O[C@H]4n2cnc3c(=O)[nH]cnc32)c1=O. The number of hydrogen-bond donors (Lipinski definition) is 3. The molecule has 0 radical (unpaired) electrons.